The summed E-state index contributed by atoms with van der Waals surface area (Å²) >= 11 is 3.38. The molecule has 4 aromatic rings. The highest BCUT2D eigenvalue weighted by atomic mass is 79.9. The fourth-order valence-electron chi connectivity index (χ4n) is 6.82. The highest BCUT2D eigenvalue weighted by molar-refractivity contribution is 9.10. The smallest absolute Gasteiger partial charge is 0.248 e. The zero-order valence-electron chi connectivity index (χ0n) is 27.0. The maximum atomic E-state index is 14.3. The summed E-state index contributed by atoms with van der Waals surface area (Å²) in [5, 5.41) is 8.20. The number of halogens is 1. The van der Waals surface area contributed by atoms with Crippen molar-refractivity contribution >= 4 is 50.2 Å². The van der Waals surface area contributed by atoms with E-state index in [2.05, 4.69) is 47.4 Å². The summed E-state index contributed by atoms with van der Waals surface area (Å²) < 4.78 is 14.5. The first-order chi connectivity index (χ1) is 23.1. The molecule has 2 aliphatic heterocycles. The number of piperidine rings is 1. The second-order valence-corrected chi connectivity index (χ2v) is 13.6. The first-order valence-electron chi connectivity index (χ1n) is 16.1. The number of amides is 2. The molecule has 2 amide bonds. The fraction of sp³-hybridized carbons (Fsp3) is 0.400. The summed E-state index contributed by atoms with van der Waals surface area (Å²) in [6.07, 6.45) is 10.3. The summed E-state index contributed by atoms with van der Waals surface area (Å²) in [6.45, 7) is 6.32. The molecule has 7 rings (SSSR count). The van der Waals surface area contributed by atoms with Gasteiger partial charge in [0, 0.05) is 53.4 Å². The molecule has 4 bridgehead atoms. The fourth-order valence-corrected chi connectivity index (χ4v) is 7.13. The van der Waals surface area contributed by atoms with Crippen LogP contribution in [0, 0.1) is 19.3 Å². The van der Waals surface area contributed by atoms with Gasteiger partial charge in [-0.25, -0.2) is 15.0 Å². The van der Waals surface area contributed by atoms with Crippen molar-refractivity contribution < 1.29 is 23.9 Å². The summed E-state index contributed by atoms with van der Waals surface area (Å²) in [6, 6.07) is 6.50. The Morgan fingerprint density at radius 1 is 1.10 bits per heavy atom. The standard InChI is InChI=1S/C35H36BrN7O5/c1-20-8-9-30(36)39-33(20)40-34(46)27-14-35-15-29(35)43(27)31(45)18-42-26-13-28(48-11-7-5-4-6-10-47-19-35)24(23-16-37-22(3)38-17-23)12-25(26)32(41-42)21(2)44/h4,6,8-9,12-13,16-17,27,29H,5,7,10-11,14-15,18-19H2,1-3H3,(H,39,40,46)/b6-4-/t27-,29+,35-/m0/s1. The number of aryl methyl sites for hydroxylation is 2. The van der Waals surface area contributed by atoms with Crippen LogP contribution in [0.15, 0.2) is 53.4 Å². The minimum absolute atomic E-state index is 0.152. The molecule has 12 nitrogen and oxygen atoms in total. The third-order valence-corrected chi connectivity index (χ3v) is 9.86. The van der Waals surface area contributed by atoms with Crippen LogP contribution in [0.3, 0.4) is 0 Å². The van der Waals surface area contributed by atoms with E-state index in [1.807, 2.05) is 44.2 Å². The molecule has 3 atom stereocenters. The van der Waals surface area contributed by atoms with Gasteiger partial charge in [-0.15, -0.1) is 0 Å². The Bertz CT molecular complexity index is 1960. The van der Waals surface area contributed by atoms with Crippen LogP contribution in [0.2, 0.25) is 0 Å². The van der Waals surface area contributed by atoms with E-state index in [0.29, 0.717) is 59.1 Å². The molecule has 1 aromatic carbocycles. The normalized spacial score (nSPS) is 23.2. The third-order valence-electron chi connectivity index (χ3n) is 9.42. The number of allylic oxidation sites excluding steroid dienone is 1. The Balaban J connectivity index is 1.28. The molecule has 0 radical (unpaired) electrons. The first kappa shape index (κ1) is 32.1. The van der Waals surface area contributed by atoms with Crippen molar-refractivity contribution in [3.8, 4) is 16.9 Å². The van der Waals surface area contributed by atoms with Gasteiger partial charge in [-0.3, -0.25) is 19.1 Å². The predicted octanol–water partition coefficient (Wildman–Crippen LogP) is 5.21. The lowest BCUT2D eigenvalue weighted by Crippen LogP contribution is -2.47. The molecule has 1 N–H and O–H groups in total. The van der Waals surface area contributed by atoms with Crippen LogP contribution in [0.25, 0.3) is 22.0 Å². The van der Waals surface area contributed by atoms with Crippen LogP contribution in [-0.2, 0) is 20.9 Å². The van der Waals surface area contributed by atoms with E-state index >= 15 is 0 Å². The number of benzene rings is 1. The molecule has 13 heteroatoms. The number of pyridine rings is 1. The zero-order chi connectivity index (χ0) is 33.6. The Kier molecular flexibility index (Phi) is 8.58. The molecule has 2 fully saturated rings. The van der Waals surface area contributed by atoms with Gasteiger partial charge < -0.3 is 19.7 Å². The maximum Gasteiger partial charge on any atom is 0.248 e. The van der Waals surface area contributed by atoms with Crippen molar-refractivity contribution in [1.29, 1.82) is 0 Å². The van der Waals surface area contributed by atoms with Crippen molar-refractivity contribution in [2.75, 3.05) is 25.1 Å². The number of nitrogens with zero attached hydrogens (tertiary/aromatic N) is 6. The van der Waals surface area contributed by atoms with Gasteiger partial charge in [-0.2, -0.15) is 5.10 Å². The van der Waals surface area contributed by atoms with Gasteiger partial charge in [0.05, 0.1) is 25.3 Å². The number of rotatable bonds is 4. The molecule has 1 saturated carbocycles. The van der Waals surface area contributed by atoms with Crippen LogP contribution >= 0.6 is 15.9 Å². The molecule has 1 saturated heterocycles. The zero-order valence-corrected chi connectivity index (χ0v) is 28.6. The summed E-state index contributed by atoms with van der Waals surface area (Å²) in [4.78, 5) is 55.9. The van der Waals surface area contributed by atoms with Gasteiger partial charge in [0.15, 0.2) is 5.78 Å². The lowest BCUT2D eigenvalue weighted by Gasteiger charge is -2.27. The predicted molar refractivity (Wildman–Crippen MR) is 182 cm³/mol. The first-order valence-corrected chi connectivity index (χ1v) is 16.9. The van der Waals surface area contributed by atoms with Gasteiger partial charge in [-0.05, 0) is 73.2 Å². The van der Waals surface area contributed by atoms with E-state index in [-0.39, 0.29) is 41.3 Å². The lowest BCUT2D eigenvalue weighted by molar-refractivity contribution is -0.138. The lowest BCUT2D eigenvalue weighted by atomic mass is 10.00. The van der Waals surface area contributed by atoms with E-state index in [1.54, 1.807) is 22.0 Å². The average Bonchev–Trinajstić information content (AvgIpc) is 3.48. The van der Waals surface area contributed by atoms with Crippen molar-refractivity contribution in [3.05, 3.63) is 70.5 Å². The summed E-state index contributed by atoms with van der Waals surface area (Å²) in [5.41, 5.74) is 2.80. The van der Waals surface area contributed by atoms with E-state index in [0.717, 1.165) is 36.0 Å². The summed E-state index contributed by atoms with van der Waals surface area (Å²) in [7, 11) is 0. The molecule has 0 unspecified atom stereocenters. The molecule has 5 heterocycles. The molecule has 3 aromatic heterocycles. The number of anilines is 1. The maximum absolute atomic E-state index is 14.3. The number of fused-ring (bicyclic) bond motifs is 1. The molecule has 1 aliphatic carbocycles. The third kappa shape index (κ3) is 6.12. The largest absolute Gasteiger partial charge is 0.493 e. The topological polar surface area (TPSA) is 141 Å². The quantitative estimate of drug-likeness (QED) is 0.171. The van der Waals surface area contributed by atoms with E-state index in [4.69, 9.17) is 9.47 Å². The number of nitrogens with one attached hydrogen (secondary N) is 1. The van der Waals surface area contributed by atoms with Gasteiger partial charge in [-0.1, -0.05) is 18.2 Å². The van der Waals surface area contributed by atoms with Crippen molar-refractivity contribution in [2.24, 2.45) is 5.41 Å². The van der Waals surface area contributed by atoms with Crippen LogP contribution < -0.4 is 10.1 Å². The molecule has 248 valence electrons. The van der Waals surface area contributed by atoms with Crippen LogP contribution in [0.1, 0.15) is 54.5 Å². The molecular weight excluding hydrogens is 678 g/mol. The number of ketones is 1. The van der Waals surface area contributed by atoms with Crippen molar-refractivity contribution in [2.45, 2.75) is 65.1 Å². The van der Waals surface area contributed by atoms with Gasteiger partial charge >= 0.3 is 0 Å². The number of carbonyl (C=O) groups is 3. The van der Waals surface area contributed by atoms with Crippen LogP contribution in [-0.4, -0.2) is 79.1 Å². The van der Waals surface area contributed by atoms with E-state index < -0.39 is 6.04 Å². The Morgan fingerprint density at radius 3 is 2.71 bits per heavy atom. The highest BCUT2D eigenvalue weighted by Crippen LogP contribution is 2.60. The van der Waals surface area contributed by atoms with Crippen LogP contribution in [0.5, 0.6) is 5.75 Å². The number of hydrogen-bond donors (Lipinski definition) is 1. The molecule has 48 heavy (non-hydrogen) atoms. The van der Waals surface area contributed by atoms with Gasteiger partial charge in [0.2, 0.25) is 11.8 Å². The van der Waals surface area contributed by atoms with Crippen molar-refractivity contribution in [1.82, 2.24) is 29.6 Å². The van der Waals surface area contributed by atoms with Crippen molar-refractivity contribution in [3.63, 3.8) is 0 Å². The number of aromatic nitrogens is 5. The number of ether oxygens (including phenoxy) is 2. The number of Topliss-reactive ketones (excluding diaryl/α,β-unsaturated/α-hetero) is 1. The average molecular weight is 715 g/mol. The monoisotopic (exact) mass is 713 g/mol. The number of hydrogen-bond acceptors (Lipinski definition) is 9. The molecular formula is C35H36BrN7O5. The Hall–Kier alpha value is -4.49. The summed E-state index contributed by atoms with van der Waals surface area (Å²) in [5.74, 6) is 0.851. The molecule has 0 spiro atoms. The van der Waals surface area contributed by atoms with E-state index in [1.165, 1.54) is 6.92 Å². The second-order valence-electron chi connectivity index (χ2n) is 12.8. The Morgan fingerprint density at radius 2 is 1.92 bits per heavy atom. The highest BCUT2D eigenvalue weighted by Gasteiger charge is 2.67. The Labute approximate surface area is 286 Å². The second kappa shape index (κ2) is 12.8. The van der Waals surface area contributed by atoms with Crippen LogP contribution in [0.4, 0.5) is 5.82 Å². The molecule has 3 aliphatic rings. The van der Waals surface area contributed by atoms with Gasteiger partial charge in [0.25, 0.3) is 0 Å². The van der Waals surface area contributed by atoms with E-state index in [9.17, 15) is 14.4 Å². The SMILES string of the molecule is CC(=O)c1nn2c3cc(c(-c4cnc(C)nc4)cc13)OCCC/C=C\COC[C@@]13C[C@@H](C(=O)Nc4nc(Br)ccc4C)N(C(=O)C2)[C@@H]1C3. The minimum Gasteiger partial charge on any atom is -0.493 e. The minimum atomic E-state index is -0.723. The number of carbonyl (C=O) groups excluding carboxylic acids is 3. The van der Waals surface area contributed by atoms with Gasteiger partial charge in [0.1, 0.15) is 40.3 Å².